The Kier molecular flexibility index (Phi) is 7.07. The van der Waals surface area contributed by atoms with Crippen molar-refractivity contribution in [2.24, 2.45) is 0 Å². The molecule has 0 bridgehead atoms. The molecule has 12 heteroatoms. The topological polar surface area (TPSA) is 150 Å². The van der Waals surface area contributed by atoms with Gasteiger partial charge in [-0.25, -0.2) is 14.6 Å². The average Bonchev–Trinajstić information content (AvgIpc) is 3.33. The Hall–Kier alpha value is -4.64. The van der Waals surface area contributed by atoms with Crippen LogP contribution < -0.4 is 16.0 Å². The minimum Gasteiger partial charge on any atom is -0.465 e. The van der Waals surface area contributed by atoms with Crippen molar-refractivity contribution in [3.63, 3.8) is 0 Å². The highest BCUT2D eigenvalue weighted by Crippen LogP contribution is 2.43. The van der Waals surface area contributed by atoms with Crippen molar-refractivity contribution in [1.29, 1.82) is 0 Å². The summed E-state index contributed by atoms with van der Waals surface area (Å²) in [6.07, 6.45) is 0.114. The van der Waals surface area contributed by atoms with E-state index in [2.05, 4.69) is 20.9 Å². The van der Waals surface area contributed by atoms with E-state index in [4.69, 9.17) is 21.4 Å². The number of carboxylic acid groups (broad SMARTS) is 1. The van der Waals surface area contributed by atoms with Gasteiger partial charge in [0.15, 0.2) is 5.60 Å². The average molecular weight is 550 g/mol. The minimum atomic E-state index is -1.22. The number of rotatable bonds is 6. The predicted octanol–water partition coefficient (Wildman–Crippen LogP) is 3.86. The van der Waals surface area contributed by atoms with E-state index in [1.807, 2.05) is 30.3 Å². The molecule has 5 rings (SSSR count). The zero-order valence-electron chi connectivity index (χ0n) is 20.5. The van der Waals surface area contributed by atoms with E-state index in [9.17, 15) is 19.2 Å². The summed E-state index contributed by atoms with van der Waals surface area (Å²) in [6, 6.07) is 15.9. The number of amides is 4. The number of hydrogen-bond acceptors (Lipinski definition) is 6. The van der Waals surface area contributed by atoms with Crippen LogP contribution in [0.4, 0.5) is 21.1 Å². The first-order chi connectivity index (χ1) is 18.7. The molecule has 2 aliphatic rings. The number of anilines is 2. The van der Waals surface area contributed by atoms with Crippen molar-refractivity contribution in [2.45, 2.75) is 24.5 Å². The van der Waals surface area contributed by atoms with E-state index < -0.39 is 29.7 Å². The van der Waals surface area contributed by atoms with E-state index in [0.29, 0.717) is 28.5 Å². The fourth-order valence-corrected chi connectivity index (χ4v) is 5.01. The van der Waals surface area contributed by atoms with Crippen LogP contribution in [0.15, 0.2) is 66.9 Å². The standard InChI is InChI=1S/C27H24ClN5O6/c28-18-13-20-22(29-14-18)32-26(38)39-27(20)10-11-33(15-27)24(35)21(12-16-4-2-1-3-5-16)31-23(34)17-6-8-19(9-7-17)30-25(36)37/h1-9,13-14,21,30H,10-12,15H2,(H,31,34)(H,36,37)(H,29,32,38)/t21-,27?/m0/s1. The zero-order chi connectivity index (χ0) is 27.6. The maximum atomic E-state index is 13.8. The molecule has 2 aliphatic heterocycles. The van der Waals surface area contributed by atoms with Crippen LogP contribution in [0.3, 0.4) is 0 Å². The maximum Gasteiger partial charge on any atom is 0.413 e. The lowest BCUT2D eigenvalue weighted by Gasteiger charge is -2.35. The lowest BCUT2D eigenvalue weighted by molar-refractivity contribution is -0.133. The molecule has 3 aromatic rings. The van der Waals surface area contributed by atoms with Gasteiger partial charge in [0.25, 0.3) is 5.91 Å². The number of nitrogens with zero attached hydrogens (tertiary/aromatic N) is 2. The van der Waals surface area contributed by atoms with Crippen molar-refractivity contribution >= 4 is 47.1 Å². The van der Waals surface area contributed by atoms with E-state index in [-0.39, 0.29) is 31.0 Å². The Morgan fingerprint density at radius 2 is 1.90 bits per heavy atom. The Morgan fingerprint density at radius 3 is 2.62 bits per heavy atom. The van der Waals surface area contributed by atoms with Gasteiger partial charge in [0.1, 0.15) is 11.9 Å². The quantitative estimate of drug-likeness (QED) is 0.364. The van der Waals surface area contributed by atoms with E-state index >= 15 is 0 Å². The summed E-state index contributed by atoms with van der Waals surface area (Å²) < 4.78 is 5.71. The van der Waals surface area contributed by atoms with Gasteiger partial charge >= 0.3 is 12.2 Å². The molecule has 200 valence electrons. The van der Waals surface area contributed by atoms with Crippen LogP contribution in [0, 0.1) is 0 Å². The summed E-state index contributed by atoms with van der Waals surface area (Å²) in [6.45, 7) is 0.361. The van der Waals surface area contributed by atoms with Crippen LogP contribution in [0.1, 0.15) is 27.9 Å². The first kappa shape index (κ1) is 26.0. The second-order valence-electron chi connectivity index (χ2n) is 9.29. The van der Waals surface area contributed by atoms with E-state index in [1.54, 1.807) is 11.0 Å². The van der Waals surface area contributed by atoms with E-state index in [1.165, 1.54) is 30.5 Å². The summed E-state index contributed by atoms with van der Waals surface area (Å²) in [5, 5.41) is 16.8. The van der Waals surface area contributed by atoms with Gasteiger partial charge in [-0.2, -0.15) is 0 Å². The van der Waals surface area contributed by atoms with Crippen LogP contribution in [0.2, 0.25) is 5.02 Å². The molecule has 3 heterocycles. The Morgan fingerprint density at radius 1 is 1.15 bits per heavy atom. The normalized spacial score (nSPS) is 18.5. The largest absolute Gasteiger partial charge is 0.465 e. The number of nitrogens with one attached hydrogen (secondary N) is 3. The fraction of sp³-hybridized carbons (Fsp3) is 0.222. The van der Waals surface area contributed by atoms with Gasteiger partial charge < -0.3 is 20.1 Å². The molecule has 2 atom stereocenters. The maximum absolute atomic E-state index is 13.8. The first-order valence-electron chi connectivity index (χ1n) is 12.1. The van der Waals surface area contributed by atoms with Crippen molar-refractivity contribution in [3.05, 3.63) is 88.6 Å². The van der Waals surface area contributed by atoms with Crippen molar-refractivity contribution in [3.8, 4) is 0 Å². The van der Waals surface area contributed by atoms with Crippen LogP contribution in [0.5, 0.6) is 0 Å². The molecule has 1 unspecified atom stereocenters. The molecule has 4 N–H and O–H groups in total. The van der Waals surface area contributed by atoms with Gasteiger partial charge in [-0.1, -0.05) is 41.9 Å². The molecule has 4 amide bonds. The van der Waals surface area contributed by atoms with E-state index in [0.717, 1.165) is 5.56 Å². The number of carbonyl (C=O) groups excluding carboxylic acids is 3. The summed E-state index contributed by atoms with van der Waals surface area (Å²) >= 11 is 6.17. The van der Waals surface area contributed by atoms with Crippen molar-refractivity contribution in [1.82, 2.24) is 15.2 Å². The highest BCUT2D eigenvalue weighted by atomic mass is 35.5. The molecule has 1 saturated heterocycles. The monoisotopic (exact) mass is 549 g/mol. The number of pyridine rings is 1. The van der Waals surface area contributed by atoms with Gasteiger partial charge in [0.05, 0.1) is 11.6 Å². The van der Waals surface area contributed by atoms with Gasteiger partial charge in [-0.15, -0.1) is 0 Å². The second kappa shape index (κ2) is 10.6. The van der Waals surface area contributed by atoms with Crippen LogP contribution in [-0.2, 0) is 21.6 Å². The third-order valence-corrected chi connectivity index (χ3v) is 6.89. The second-order valence-corrected chi connectivity index (χ2v) is 9.73. The molecular formula is C27H24ClN5O6. The molecular weight excluding hydrogens is 526 g/mol. The molecule has 1 aromatic heterocycles. The van der Waals surface area contributed by atoms with Crippen LogP contribution in [-0.4, -0.2) is 58.1 Å². The summed E-state index contributed by atoms with van der Waals surface area (Å²) in [7, 11) is 0. The number of ether oxygens (including phenoxy) is 1. The molecule has 39 heavy (non-hydrogen) atoms. The molecule has 0 saturated carbocycles. The van der Waals surface area contributed by atoms with Crippen LogP contribution >= 0.6 is 11.6 Å². The lowest BCUT2D eigenvalue weighted by atomic mass is 9.92. The van der Waals surface area contributed by atoms with Gasteiger partial charge in [-0.05, 0) is 35.9 Å². The van der Waals surface area contributed by atoms with Crippen LogP contribution in [0.25, 0.3) is 0 Å². The van der Waals surface area contributed by atoms with Crippen molar-refractivity contribution < 1.29 is 29.0 Å². The lowest BCUT2D eigenvalue weighted by Crippen LogP contribution is -2.50. The Labute approximate surface area is 228 Å². The number of hydrogen-bond donors (Lipinski definition) is 4. The van der Waals surface area contributed by atoms with Crippen molar-refractivity contribution in [2.75, 3.05) is 23.7 Å². The molecule has 1 spiro atoms. The van der Waals surface area contributed by atoms with Gasteiger partial charge in [0.2, 0.25) is 5.91 Å². The minimum absolute atomic E-state index is 0.0744. The molecule has 2 aromatic carbocycles. The number of fused-ring (bicyclic) bond motifs is 2. The number of likely N-dealkylation sites (tertiary alicyclic amines) is 1. The highest BCUT2D eigenvalue weighted by Gasteiger charge is 2.50. The summed E-state index contributed by atoms with van der Waals surface area (Å²) in [4.78, 5) is 55.9. The SMILES string of the molecule is O=C(O)Nc1ccc(C(=O)N[C@@H](Cc2ccccc2)C(=O)N2CCC3(C2)OC(=O)Nc2ncc(Cl)cc23)cc1. The Balaban J connectivity index is 1.37. The smallest absolute Gasteiger partial charge is 0.413 e. The summed E-state index contributed by atoms with van der Waals surface area (Å²) in [5.41, 5.74) is 0.894. The molecule has 11 nitrogen and oxygen atoms in total. The van der Waals surface area contributed by atoms with Gasteiger partial charge in [0, 0.05) is 42.4 Å². The number of benzene rings is 2. The summed E-state index contributed by atoms with van der Waals surface area (Å²) in [5.74, 6) is -0.492. The number of aromatic nitrogens is 1. The first-order valence-corrected chi connectivity index (χ1v) is 12.5. The van der Waals surface area contributed by atoms with Gasteiger partial charge in [-0.3, -0.25) is 20.2 Å². The third kappa shape index (κ3) is 5.63. The number of halogens is 1. The molecule has 0 aliphatic carbocycles. The fourth-order valence-electron chi connectivity index (χ4n) is 4.85. The molecule has 1 fully saturated rings. The third-order valence-electron chi connectivity index (χ3n) is 6.68. The Bertz CT molecular complexity index is 1430. The number of carbonyl (C=O) groups is 4. The zero-order valence-corrected chi connectivity index (χ0v) is 21.3. The molecule has 0 radical (unpaired) electrons. The predicted molar refractivity (Wildman–Crippen MR) is 142 cm³/mol. The highest BCUT2D eigenvalue weighted by molar-refractivity contribution is 6.30.